The fraction of sp³-hybridized carbons (Fsp3) is 0.333. The van der Waals surface area contributed by atoms with Gasteiger partial charge in [-0.05, 0) is 5.21 Å². The highest BCUT2D eigenvalue weighted by Gasteiger charge is 2.40. The number of hydrogen-bond acceptors (Lipinski definition) is 1. The molecule has 0 aromatic carbocycles. The third-order valence-electron chi connectivity index (χ3n) is 0.792. The van der Waals surface area contributed by atoms with Crippen molar-refractivity contribution >= 4 is 16.1 Å². The molecule has 1 heterocycles. The van der Waals surface area contributed by atoms with E-state index in [9.17, 15) is 13.2 Å². The highest BCUT2D eigenvalue weighted by molar-refractivity contribution is 9.04. The van der Waals surface area contributed by atoms with Gasteiger partial charge in [-0.1, -0.05) is 3.71 Å². The van der Waals surface area contributed by atoms with E-state index in [0.717, 1.165) is 9.90 Å². The number of H-pyrrole nitrogens is 1. The number of alkyl halides is 3. The van der Waals surface area contributed by atoms with Crippen molar-refractivity contribution in [3.8, 4) is 0 Å². The molecule has 0 unspecified atom stereocenters. The van der Waals surface area contributed by atoms with Crippen LogP contribution >= 0.6 is 16.1 Å². The van der Waals surface area contributed by atoms with E-state index < -0.39 is 11.9 Å². The topological polar surface area (TPSA) is 32.6 Å². The molecule has 0 saturated heterocycles. The summed E-state index contributed by atoms with van der Waals surface area (Å²) in [4.78, 5) is 0. The number of rotatable bonds is 0. The lowest BCUT2D eigenvalue weighted by atomic mass is 10.5. The lowest BCUT2D eigenvalue weighted by Gasteiger charge is -1.92. The van der Waals surface area contributed by atoms with Crippen molar-refractivity contribution in [3.05, 3.63) is 11.9 Å². The number of hydrogen-bond donors (Lipinski definition) is 1. The van der Waals surface area contributed by atoms with Crippen LogP contribution in [-0.4, -0.2) is 10.3 Å². The zero-order valence-corrected chi connectivity index (χ0v) is 6.07. The summed E-state index contributed by atoms with van der Waals surface area (Å²) in [6.45, 7) is 0. The van der Waals surface area contributed by atoms with Crippen LogP contribution in [0.25, 0.3) is 0 Å². The molecule has 0 fully saturated rings. The van der Waals surface area contributed by atoms with Gasteiger partial charge in [-0.2, -0.15) is 13.2 Å². The molecule has 0 spiro atoms. The smallest absolute Gasteiger partial charge is 0.162 e. The minimum Gasteiger partial charge on any atom is -0.162 e. The molecule has 1 rings (SSSR count). The summed E-state index contributed by atoms with van der Waals surface area (Å²) in [7, 11) is 0. The van der Waals surface area contributed by atoms with Crippen molar-refractivity contribution in [2.45, 2.75) is 6.18 Å². The Labute approximate surface area is 62.2 Å². The SMILES string of the molecule is FC(F)(F)c1c[n+](Br)[nH]n1. The maximum absolute atomic E-state index is 11.7. The van der Waals surface area contributed by atoms with Crippen molar-refractivity contribution in [3.63, 3.8) is 0 Å². The molecule has 0 amide bonds. The summed E-state index contributed by atoms with van der Waals surface area (Å²) in [5.41, 5.74) is -0.954. The zero-order chi connectivity index (χ0) is 7.78. The van der Waals surface area contributed by atoms with Gasteiger partial charge in [0, 0.05) is 0 Å². The molecule has 0 aliphatic heterocycles. The first kappa shape index (κ1) is 7.52. The monoisotopic (exact) mass is 216 g/mol. The summed E-state index contributed by atoms with van der Waals surface area (Å²) in [5.74, 6) is 0. The van der Waals surface area contributed by atoms with Gasteiger partial charge in [0.2, 0.25) is 16.1 Å². The van der Waals surface area contributed by atoms with Crippen LogP contribution in [0, 0.1) is 0 Å². The maximum atomic E-state index is 11.7. The molecule has 0 bridgehead atoms. The lowest BCUT2D eigenvalue weighted by Crippen LogP contribution is -2.19. The van der Waals surface area contributed by atoms with Crippen molar-refractivity contribution in [1.29, 1.82) is 0 Å². The van der Waals surface area contributed by atoms with Crippen LogP contribution in [0.4, 0.5) is 13.2 Å². The van der Waals surface area contributed by atoms with Gasteiger partial charge in [0.1, 0.15) is 0 Å². The van der Waals surface area contributed by atoms with E-state index in [2.05, 4.69) is 21.2 Å². The molecule has 1 aromatic heterocycles. The van der Waals surface area contributed by atoms with E-state index in [1.165, 1.54) is 0 Å². The van der Waals surface area contributed by atoms with Gasteiger partial charge >= 0.3 is 11.9 Å². The number of nitrogens with zero attached hydrogens (tertiary/aromatic N) is 2. The Balaban J connectivity index is 2.96. The third-order valence-corrected chi connectivity index (χ3v) is 1.16. The van der Waals surface area contributed by atoms with Gasteiger partial charge in [-0.25, -0.2) is 0 Å². The van der Waals surface area contributed by atoms with Crippen molar-refractivity contribution < 1.29 is 16.9 Å². The standard InChI is InChI=1S/C3HBrF3N3/c4-10-1-2(8-9-10)3(5,6)7/h1H/p+1. The van der Waals surface area contributed by atoms with E-state index in [-0.39, 0.29) is 0 Å². The van der Waals surface area contributed by atoms with Gasteiger partial charge in [-0.15, -0.1) is 0 Å². The Morgan fingerprint density at radius 3 is 2.40 bits per heavy atom. The van der Waals surface area contributed by atoms with E-state index in [4.69, 9.17) is 0 Å². The summed E-state index contributed by atoms with van der Waals surface area (Å²) in [6, 6.07) is 0. The molecule has 1 aromatic rings. The Morgan fingerprint density at radius 1 is 1.60 bits per heavy atom. The number of aromatic nitrogens is 3. The minimum absolute atomic E-state index is 0.792. The minimum atomic E-state index is -4.38. The average Bonchev–Trinajstić information content (AvgIpc) is 2.11. The van der Waals surface area contributed by atoms with Crippen molar-refractivity contribution in [2.24, 2.45) is 0 Å². The molecule has 0 aliphatic rings. The molecule has 0 saturated carbocycles. The first-order chi connectivity index (χ1) is 4.50. The van der Waals surface area contributed by atoms with Crippen LogP contribution in [0.3, 0.4) is 0 Å². The van der Waals surface area contributed by atoms with Crippen LogP contribution in [0.5, 0.6) is 0 Å². The second-order valence-corrected chi connectivity index (χ2v) is 2.30. The number of nitrogens with one attached hydrogen (secondary N) is 1. The zero-order valence-electron chi connectivity index (χ0n) is 4.48. The molecule has 56 valence electrons. The fourth-order valence-electron chi connectivity index (χ4n) is 0.403. The summed E-state index contributed by atoms with van der Waals surface area (Å²) >= 11 is 2.72. The molecule has 3 nitrogen and oxygen atoms in total. The molecule has 1 N–H and O–H groups in total. The van der Waals surface area contributed by atoms with Crippen molar-refractivity contribution in [2.75, 3.05) is 0 Å². The number of aromatic amines is 1. The average molecular weight is 217 g/mol. The normalized spacial score (nSPS) is 12.0. The van der Waals surface area contributed by atoms with E-state index in [1.54, 1.807) is 0 Å². The van der Waals surface area contributed by atoms with E-state index in [0.29, 0.717) is 0 Å². The molecule has 7 heteroatoms. The molecular formula is C3H2BrF3N3+. The molecule has 0 radical (unpaired) electrons. The Hall–Kier alpha value is -0.590. The summed E-state index contributed by atoms with van der Waals surface area (Å²) < 4.78 is 36.0. The lowest BCUT2D eigenvalue weighted by molar-refractivity contribution is -0.545. The van der Waals surface area contributed by atoms with Crippen LogP contribution < -0.4 is 3.71 Å². The fourth-order valence-corrected chi connectivity index (χ4v) is 0.677. The van der Waals surface area contributed by atoms with E-state index >= 15 is 0 Å². The maximum Gasteiger partial charge on any atom is 0.464 e. The van der Waals surface area contributed by atoms with E-state index in [1.807, 2.05) is 5.21 Å². The predicted octanol–water partition coefficient (Wildman–Crippen LogP) is 0.874. The predicted molar refractivity (Wildman–Crippen MR) is 28.1 cm³/mol. The number of halogens is 4. The van der Waals surface area contributed by atoms with Crippen molar-refractivity contribution in [1.82, 2.24) is 10.3 Å². The van der Waals surface area contributed by atoms with Gasteiger partial charge in [0.15, 0.2) is 6.20 Å². The molecular weight excluding hydrogens is 215 g/mol. The van der Waals surface area contributed by atoms with Crippen LogP contribution in [0.1, 0.15) is 5.69 Å². The van der Waals surface area contributed by atoms with Gasteiger partial charge in [0.05, 0.1) is 5.10 Å². The second kappa shape index (κ2) is 2.22. The van der Waals surface area contributed by atoms with Crippen LogP contribution in [-0.2, 0) is 6.18 Å². The highest BCUT2D eigenvalue weighted by atomic mass is 79.9. The van der Waals surface area contributed by atoms with Gasteiger partial charge < -0.3 is 0 Å². The molecule has 0 aliphatic carbocycles. The Morgan fingerprint density at radius 2 is 2.20 bits per heavy atom. The van der Waals surface area contributed by atoms with Gasteiger partial charge in [-0.3, -0.25) is 0 Å². The Kier molecular flexibility index (Phi) is 1.67. The van der Waals surface area contributed by atoms with Gasteiger partial charge in [0.25, 0.3) is 0 Å². The second-order valence-electron chi connectivity index (χ2n) is 1.54. The largest absolute Gasteiger partial charge is 0.464 e. The van der Waals surface area contributed by atoms with Crippen LogP contribution in [0.15, 0.2) is 6.20 Å². The summed E-state index contributed by atoms with van der Waals surface area (Å²) in [6.07, 6.45) is -3.59. The Bertz CT molecular complexity index is 229. The molecule has 10 heavy (non-hydrogen) atoms. The first-order valence-corrected chi connectivity index (χ1v) is 2.91. The highest BCUT2D eigenvalue weighted by Crippen LogP contribution is 2.25. The molecule has 0 atom stereocenters. The van der Waals surface area contributed by atoms with Crippen LogP contribution in [0.2, 0.25) is 0 Å². The first-order valence-electron chi connectivity index (χ1n) is 2.20. The third kappa shape index (κ3) is 1.47. The summed E-state index contributed by atoms with van der Waals surface area (Å²) in [5, 5.41) is 4.99. The quantitative estimate of drug-likeness (QED) is 0.687.